The Balaban J connectivity index is 1.56. The molecule has 0 aliphatic rings. The third kappa shape index (κ3) is 3.78. The molecule has 204 valence electrons. The van der Waals surface area contributed by atoms with Gasteiger partial charge in [-0.05, 0) is 93.3 Å². The van der Waals surface area contributed by atoms with Crippen LogP contribution in [0.4, 0.5) is 0 Å². The van der Waals surface area contributed by atoms with Crippen LogP contribution in [0.1, 0.15) is 11.0 Å². The van der Waals surface area contributed by atoms with Crippen molar-refractivity contribution in [3.05, 3.63) is 170 Å². The van der Waals surface area contributed by atoms with Gasteiger partial charge in [-0.15, -0.1) is 0 Å². The standard InChI is InChI=1S/C44H28/c1-4-17-33-29(12-1)15-9-22-36(33)38-20-7-8-21-39(38)41-24-10-16-32-28-31-14-3-6-19-35(31)44(43(32)41)42-25-11-23-37-34-18-5-2-13-30(34)26-27-40(37)42/h1-28H/i3D,6D,10D,14D,16D,19D,24D,28D. The van der Waals surface area contributed by atoms with Crippen molar-refractivity contribution in [1.29, 1.82) is 0 Å². The number of hydrogen-bond donors (Lipinski definition) is 0. The van der Waals surface area contributed by atoms with Crippen LogP contribution in [0.25, 0.3) is 87.2 Å². The Kier molecular flexibility index (Phi) is 4.08. The van der Waals surface area contributed by atoms with Crippen LogP contribution in [0.2, 0.25) is 0 Å². The maximum absolute atomic E-state index is 9.55. The lowest BCUT2D eigenvalue weighted by molar-refractivity contribution is 1.62. The summed E-state index contributed by atoms with van der Waals surface area (Å²) in [6, 6.07) is 36.8. The molecule has 0 heterocycles. The van der Waals surface area contributed by atoms with Gasteiger partial charge < -0.3 is 0 Å². The Morgan fingerprint density at radius 1 is 0.318 bits per heavy atom. The van der Waals surface area contributed by atoms with Gasteiger partial charge in [0.25, 0.3) is 0 Å². The molecular weight excluding hydrogens is 528 g/mol. The van der Waals surface area contributed by atoms with Gasteiger partial charge in [-0.2, -0.15) is 0 Å². The molecule has 0 aliphatic heterocycles. The molecular formula is C44H28. The molecule has 0 fully saturated rings. The molecule has 0 spiro atoms. The molecule has 9 aromatic rings. The van der Waals surface area contributed by atoms with Crippen LogP contribution in [0.3, 0.4) is 0 Å². The lowest BCUT2D eigenvalue weighted by atomic mass is 9.83. The molecule has 0 aliphatic carbocycles. The molecule has 9 rings (SSSR count). The zero-order valence-corrected chi connectivity index (χ0v) is 23.5. The van der Waals surface area contributed by atoms with E-state index in [2.05, 4.69) is 0 Å². The van der Waals surface area contributed by atoms with E-state index in [4.69, 9.17) is 5.48 Å². The summed E-state index contributed by atoms with van der Waals surface area (Å²) >= 11 is 0. The average molecular weight is 565 g/mol. The molecule has 0 atom stereocenters. The van der Waals surface area contributed by atoms with Crippen LogP contribution in [-0.4, -0.2) is 0 Å². The van der Waals surface area contributed by atoms with E-state index in [1.807, 2.05) is 121 Å². The first-order chi connectivity index (χ1) is 25.2. The molecule has 44 heavy (non-hydrogen) atoms. The lowest BCUT2D eigenvalue weighted by Crippen LogP contribution is -1.92. The summed E-state index contributed by atoms with van der Waals surface area (Å²) in [6.07, 6.45) is 0. The second-order valence-electron chi connectivity index (χ2n) is 11.0. The number of benzene rings is 9. The van der Waals surface area contributed by atoms with Crippen molar-refractivity contribution in [3.63, 3.8) is 0 Å². The average Bonchev–Trinajstić information content (AvgIpc) is 3.18. The van der Waals surface area contributed by atoms with E-state index in [1.165, 1.54) is 0 Å². The van der Waals surface area contributed by atoms with Gasteiger partial charge in [0.05, 0.1) is 11.0 Å². The number of rotatable bonds is 3. The van der Waals surface area contributed by atoms with E-state index >= 15 is 0 Å². The summed E-state index contributed by atoms with van der Waals surface area (Å²) in [4.78, 5) is 0. The van der Waals surface area contributed by atoms with E-state index in [-0.39, 0.29) is 52.4 Å². The summed E-state index contributed by atoms with van der Waals surface area (Å²) in [5.41, 5.74) is 3.70. The first-order valence-electron chi connectivity index (χ1n) is 18.6. The fourth-order valence-electron chi connectivity index (χ4n) is 6.72. The molecule has 0 saturated carbocycles. The second kappa shape index (κ2) is 9.93. The summed E-state index contributed by atoms with van der Waals surface area (Å²) < 4.78 is 73.1. The first kappa shape index (κ1) is 18.1. The second-order valence-corrected chi connectivity index (χ2v) is 11.0. The third-order valence-electron chi connectivity index (χ3n) is 8.64. The molecule has 0 heteroatoms. The Morgan fingerprint density at radius 2 is 0.932 bits per heavy atom. The SMILES string of the molecule is [2H]c1c([2H])c([2H])c2c(-c3cccc4c3ccc3ccccc34)c3c(-c4ccccc4-c4cccc5ccccc45)c([2H])c([2H])c([2H])c3c([2H])c2c1[2H]. The molecule has 0 bridgehead atoms. The quantitative estimate of drug-likeness (QED) is 0.148. The largest absolute Gasteiger partial charge is 0.0636 e. The minimum atomic E-state index is -0.475. The highest BCUT2D eigenvalue weighted by molar-refractivity contribution is 6.23. The van der Waals surface area contributed by atoms with Crippen LogP contribution in [0.15, 0.2) is 170 Å². The predicted octanol–water partition coefficient (Wildman–Crippen LogP) is 12.5. The number of hydrogen-bond acceptors (Lipinski definition) is 0. The predicted molar refractivity (Wildman–Crippen MR) is 190 cm³/mol. The van der Waals surface area contributed by atoms with Crippen LogP contribution < -0.4 is 0 Å². The van der Waals surface area contributed by atoms with Gasteiger partial charge in [0, 0.05) is 0 Å². The number of fused-ring (bicyclic) bond motifs is 6. The molecule has 0 N–H and O–H groups in total. The molecule has 0 saturated heterocycles. The Labute approximate surface area is 267 Å². The fourth-order valence-corrected chi connectivity index (χ4v) is 6.72. The summed E-state index contributed by atoms with van der Waals surface area (Å²) in [6.45, 7) is 0. The van der Waals surface area contributed by atoms with E-state index in [9.17, 15) is 5.48 Å². The zero-order valence-electron chi connectivity index (χ0n) is 31.5. The Morgan fingerprint density at radius 3 is 1.82 bits per heavy atom. The van der Waals surface area contributed by atoms with Crippen molar-refractivity contribution >= 4 is 53.9 Å². The normalized spacial score (nSPS) is 14.2. The Bertz CT molecular complexity index is 3000. The van der Waals surface area contributed by atoms with Crippen LogP contribution in [-0.2, 0) is 0 Å². The van der Waals surface area contributed by atoms with Crippen molar-refractivity contribution in [2.75, 3.05) is 0 Å². The zero-order chi connectivity index (χ0) is 36.0. The van der Waals surface area contributed by atoms with Gasteiger partial charge in [0.1, 0.15) is 0 Å². The third-order valence-corrected chi connectivity index (χ3v) is 8.64. The van der Waals surface area contributed by atoms with Gasteiger partial charge in [-0.1, -0.05) is 164 Å². The van der Waals surface area contributed by atoms with Crippen molar-refractivity contribution in [3.8, 4) is 33.4 Å². The lowest BCUT2D eigenvalue weighted by Gasteiger charge is -2.20. The van der Waals surface area contributed by atoms with Crippen molar-refractivity contribution < 1.29 is 11.0 Å². The van der Waals surface area contributed by atoms with Gasteiger partial charge in [-0.25, -0.2) is 0 Å². The summed E-state index contributed by atoms with van der Waals surface area (Å²) in [5.74, 6) is 0. The van der Waals surface area contributed by atoms with Gasteiger partial charge in [0.15, 0.2) is 0 Å². The maximum atomic E-state index is 9.55. The molecule has 0 unspecified atom stereocenters. The maximum Gasteiger partial charge on any atom is 0.0636 e. The first-order valence-corrected chi connectivity index (χ1v) is 14.6. The summed E-state index contributed by atoms with van der Waals surface area (Å²) in [5, 5.41) is 6.34. The van der Waals surface area contributed by atoms with Gasteiger partial charge in [0.2, 0.25) is 0 Å². The fraction of sp³-hybridized carbons (Fsp3) is 0. The van der Waals surface area contributed by atoms with E-state index in [1.54, 1.807) is 0 Å². The van der Waals surface area contributed by atoms with E-state index < -0.39 is 12.1 Å². The molecule has 0 nitrogen and oxygen atoms in total. The summed E-state index contributed by atoms with van der Waals surface area (Å²) in [7, 11) is 0. The molecule has 0 aromatic heterocycles. The minimum Gasteiger partial charge on any atom is -0.0616 e. The van der Waals surface area contributed by atoms with Crippen molar-refractivity contribution in [2.24, 2.45) is 0 Å². The molecule has 9 aromatic carbocycles. The topological polar surface area (TPSA) is 0 Å². The van der Waals surface area contributed by atoms with Crippen LogP contribution in [0, 0.1) is 0 Å². The Hall–Kier alpha value is -5.72. The highest BCUT2D eigenvalue weighted by Gasteiger charge is 2.19. The van der Waals surface area contributed by atoms with Crippen LogP contribution in [0.5, 0.6) is 0 Å². The van der Waals surface area contributed by atoms with Gasteiger partial charge >= 0.3 is 0 Å². The highest BCUT2D eigenvalue weighted by atomic mass is 14.2. The smallest absolute Gasteiger partial charge is 0.0616 e. The van der Waals surface area contributed by atoms with Crippen molar-refractivity contribution in [1.82, 2.24) is 0 Å². The van der Waals surface area contributed by atoms with E-state index in [0.29, 0.717) is 27.6 Å². The van der Waals surface area contributed by atoms with Crippen LogP contribution >= 0.6 is 0 Å². The monoisotopic (exact) mass is 564 g/mol. The van der Waals surface area contributed by atoms with Gasteiger partial charge in [-0.3, -0.25) is 0 Å². The minimum absolute atomic E-state index is 0.0230. The van der Waals surface area contributed by atoms with E-state index in [0.717, 1.165) is 43.4 Å². The molecule has 0 radical (unpaired) electrons. The molecule has 0 amide bonds. The van der Waals surface area contributed by atoms with Crippen molar-refractivity contribution in [2.45, 2.75) is 0 Å². The highest BCUT2D eigenvalue weighted by Crippen LogP contribution is 2.46.